The lowest BCUT2D eigenvalue weighted by molar-refractivity contribution is 0.419. The molecule has 0 heterocycles. The molecule has 22 heavy (non-hydrogen) atoms. The van der Waals surface area contributed by atoms with Gasteiger partial charge in [0.2, 0.25) is 0 Å². The summed E-state index contributed by atoms with van der Waals surface area (Å²) in [5.41, 5.74) is 0. The highest BCUT2D eigenvalue weighted by Crippen LogP contribution is 2.22. The van der Waals surface area contributed by atoms with E-state index in [0.29, 0.717) is 0 Å². The van der Waals surface area contributed by atoms with Gasteiger partial charge in [-0.25, -0.2) is 0 Å². The Morgan fingerprint density at radius 1 is 0.864 bits per heavy atom. The van der Waals surface area contributed by atoms with Crippen LogP contribution in [0, 0.1) is 0 Å². The van der Waals surface area contributed by atoms with Gasteiger partial charge in [-0.3, -0.25) is 4.99 Å². The largest absolute Gasteiger partial charge is 0.308 e. The Bertz CT molecular complexity index is 885. The summed E-state index contributed by atoms with van der Waals surface area (Å²) in [6.45, 7) is 1.69. The van der Waals surface area contributed by atoms with Crippen LogP contribution in [-0.2, 0) is 0 Å². The van der Waals surface area contributed by atoms with Gasteiger partial charge in [-0.05, 0) is 25.5 Å². The Hall–Kier alpha value is -1.90. The molecule has 3 heteroatoms. The molecule has 0 radical (unpaired) electrons. The standard InChI is InChI=1S/C19H19ClN2/c1-22(2)13-12-21-19-15-7-4-3-6-14(15)10-11-16-17(19)8-5-9-18(16)20/h3-11H,12-13H2,1-2H3/b21-19-. The Balaban J connectivity index is 2.39. The second kappa shape index (κ2) is 6.47. The number of benzene rings is 2. The number of nitrogens with zero attached hydrogens (tertiary/aromatic N) is 2. The predicted octanol–water partition coefficient (Wildman–Crippen LogP) is 4.11. The first-order chi connectivity index (χ1) is 10.7. The molecular formula is C19H19ClN2. The van der Waals surface area contributed by atoms with E-state index < -0.39 is 0 Å². The minimum absolute atomic E-state index is 0.766. The molecular weight excluding hydrogens is 292 g/mol. The summed E-state index contributed by atoms with van der Waals surface area (Å²) in [5.74, 6) is 0. The van der Waals surface area contributed by atoms with E-state index in [2.05, 4.69) is 61.5 Å². The molecule has 0 bridgehead atoms. The summed E-state index contributed by atoms with van der Waals surface area (Å²) in [4.78, 5) is 7.03. The number of hydrogen-bond donors (Lipinski definition) is 0. The zero-order chi connectivity index (χ0) is 15.5. The molecule has 0 aliphatic carbocycles. The fourth-order valence-corrected chi connectivity index (χ4v) is 2.86. The highest BCUT2D eigenvalue weighted by atomic mass is 35.5. The third-order valence-corrected chi connectivity index (χ3v) is 4.10. The third kappa shape index (κ3) is 2.99. The quantitative estimate of drug-likeness (QED) is 0.711. The first kappa shape index (κ1) is 15.0. The smallest absolute Gasteiger partial charge is 0.0732 e. The topological polar surface area (TPSA) is 15.6 Å². The van der Waals surface area contributed by atoms with Gasteiger partial charge in [0.1, 0.15) is 0 Å². The van der Waals surface area contributed by atoms with E-state index in [1.54, 1.807) is 0 Å². The average Bonchev–Trinajstić information content (AvgIpc) is 2.66. The maximum absolute atomic E-state index is 6.39. The molecule has 0 atom stereocenters. The van der Waals surface area contributed by atoms with Crippen LogP contribution in [0.4, 0.5) is 0 Å². The fraction of sp³-hybridized carbons (Fsp3) is 0.211. The molecule has 0 saturated carbocycles. The Morgan fingerprint density at radius 2 is 1.64 bits per heavy atom. The molecule has 2 nitrogen and oxygen atoms in total. The van der Waals surface area contributed by atoms with Gasteiger partial charge >= 0.3 is 0 Å². The van der Waals surface area contributed by atoms with E-state index in [0.717, 1.165) is 34.2 Å². The van der Waals surface area contributed by atoms with E-state index in [1.165, 1.54) is 10.8 Å². The zero-order valence-electron chi connectivity index (χ0n) is 12.9. The summed E-state index contributed by atoms with van der Waals surface area (Å²) < 4.78 is 0. The van der Waals surface area contributed by atoms with Gasteiger partial charge in [0.25, 0.3) is 0 Å². The third-order valence-electron chi connectivity index (χ3n) is 3.77. The lowest BCUT2D eigenvalue weighted by atomic mass is 10.1. The summed E-state index contributed by atoms with van der Waals surface area (Å²) in [7, 11) is 4.13. The molecule has 0 saturated heterocycles. The first-order valence-electron chi connectivity index (χ1n) is 7.42. The van der Waals surface area contributed by atoms with Crippen molar-refractivity contribution in [3.05, 3.63) is 65.0 Å². The lowest BCUT2D eigenvalue weighted by Gasteiger charge is -2.06. The van der Waals surface area contributed by atoms with Crippen LogP contribution in [0.1, 0.15) is 0 Å². The molecule has 3 rings (SSSR count). The van der Waals surface area contributed by atoms with Crippen LogP contribution in [0.5, 0.6) is 0 Å². The monoisotopic (exact) mass is 310 g/mol. The normalized spacial score (nSPS) is 12.5. The van der Waals surface area contributed by atoms with Crippen molar-refractivity contribution in [1.29, 1.82) is 0 Å². The summed E-state index contributed by atoms with van der Waals surface area (Å²) in [5, 5.41) is 6.29. The van der Waals surface area contributed by atoms with Crippen LogP contribution in [-0.4, -0.2) is 32.1 Å². The van der Waals surface area contributed by atoms with Crippen LogP contribution in [0.3, 0.4) is 0 Å². The van der Waals surface area contributed by atoms with Crippen molar-refractivity contribution in [2.24, 2.45) is 4.99 Å². The number of halogens is 1. The summed E-state index contributed by atoms with van der Waals surface area (Å²) >= 11 is 6.39. The van der Waals surface area contributed by atoms with E-state index in [-0.39, 0.29) is 0 Å². The van der Waals surface area contributed by atoms with Crippen molar-refractivity contribution >= 4 is 33.1 Å². The number of likely N-dealkylation sites (N-methyl/N-ethyl adjacent to an activating group) is 1. The average molecular weight is 311 g/mol. The fourth-order valence-electron chi connectivity index (χ4n) is 2.62. The van der Waals surface area contributed by atoms with Gasteiger partial charge in [0.05, 0.1) is 11.9 Å². The second-order valence-corrected chi connectivity index (χ2v) is 6.06. The molecule has 0 amide bonds. The number of fused-ring (bicyclic) bond motifs is 2. The molecule has 0 aliphatic heterocycles. The van der Waals surface area contributed by atoms with Crippen LogP contribution >= 0.6 is 11.6 Å². The minimum atomic E-state index is 0.766. The van der Waals surface area contributed by atoms with E-state index in [9.17, 15) is 0 Å². The molecule has 0 N–H and O–H groups in total. The molecule has 3 aromatic carbocycles. The predicted molar refractivity (Wildman–Crippen MR) is 95.4 cm³/mol. The van der Waals surface area contributed by atoms with Crippen molar-refractivity contribution < 1.29 is 0 Å². The van der Waals surface area contributed by atoms with Gasteiger partial charge in [0, 0.05) is 27.7 Å². The molecule has 0 aliphatic rings. The molecule has 3 aromatic rings. The van der Waals surface area contributed by atoms with E-state index in [1.807, 2.05) is 12.1 Å². The molecule has 0 fully saturated rings. The van der Waals surface area contributed by atoms with E-state index in [4.69, 9.17) is 16.6 Å². The maximum atomic E-state index is 6.39. The Morgan fingerprint density at radius 3 is 2.45 bits per heavy atom. The van der Waals surface area contributed by atoms with Crippen LogP contribution in [0.15, 0.2) is 59.6 Å². The molecule has 0 unspecified atom stereocenters. The zero-order valence-corrected chi connectivity index (χ0v) is 13.6. The number of hydrogen-bond acceptors (Lipinski definition) is 2. The van der Waals surface area contributed by atoms with Gasteiger partial charge < -0.3 is 4.90 Å². The van der Waals surface area contributed by atoms with Crippen molar-refractivity contribution in [2.45, 2.75) is 0 Å². The second-order valence-electron chi connectivity index (χ2n) is 5.66. The minimum Gasteiger partial charge on any atom is -0.308 e. The summed E-state index contributed by atoms with van der Waals surface area (Å²) in [6, 6.07) is 18.6. The van der Waals surface area contributed by atoms with Crippen molar-refractivity contribution in [1.82, 2.24) is 4.90 Å². The highest BCUT2D eigenvalue weighted by Gasteiger charge is 2.03. The van der Waals surface area contributed by atoms with Gasteiger partial charge in [-0.2, -0.15) is 0 Å². The first-order valence-corrected chi connectivity index (χ1v) is 7.80. The van der Waals surface area contributed by atoms with Crippen LogP contribution < -0.4 is 5.36 Å². The molecule has 112 valence electrons. The molecule has 0 spiro atoms. The van der Waals surface area contributed by atoms with Crippen LogP contribution in [0.25, 0.3) is 21.5 Å². The Kier molecular flexibility index (Phi) is 4.41. The lowest BCUT2D eigenvalue weighted by Crippen LogP contribution is -2.17. The summed E-state index contributed by atoms with van der Waals surface area (Å²) in [6.07, 6.45) is 0. The van der Waals surface area contributed by atoms with Crippen LogP contribution in [0.2, 0.25) is 5.02 Å². The van der Waals surface area contributed by atoms with Crippen molar-refractivity contribution in [3.8, 4) is 0 Å². The Labute approximate surface area is 135 Å². The van der Waals surface area contributed by atoms with Gasteiger partial charge in [0.15, 0.2) is 0 Å². The van der Waals surface area contributed by atoms with Gasteiger partial charge in [-0.1, -0.05) is 60.1 Å². The maximum Gasteiger partial charge on any atom is 0.0732 e. The number of rotatable bonds is 3. The van der Waals surface area contributed by atoms with Crippen molar-refractivity contribution in [3.63, 3.8) is 0 Å². The van der Waals surface area contributed by atoms with Crippen molar-refractivity contribution in [2.75, 3.05) is 27.2 Å². The molecule has 0 aromatic heterocycles. The SMILES string of the molecule is CN(C)CC/N=c1/c2ccccc2ccc2c(Cl)cccc12. The van der Waals surface area contributed by atoms with Gasteiger partial charge in [-0.15, -0.1) is 0 Å². The highest BCUT2D eigenvalue weighted by molar-refractivity contribution is 6.35. The van der Waals surface area contributed by atoms with E-state index >= 15 is 0 Å².